The van der Waals surface area contributed by atoms with E-state index in [9.17, 15) is 14.7 Å². The number of hydrogen-bond acceptors (Lipinski definition) is 6. The predicted octanol–water partition coefficient (Wildman–Crippen LogP) is 0.623. The average Bonchev–Trinajstić information content (AvgIpc) is 3.14. The Labute approximate surface area is 205 Å². The number of carbonyl (C=O) groups excluding carboxylic acids is 2. The monoisotopic (exact) mass is 480 g/mol. The van der Waals surface area contributed by atoms with Crippen molar-refractivity contribution in [3.63, 3.8) is 0 Å². The molecule has 2 aliphatic rings. The SMILES string of the molecule is CCOc1ccc(C2/C(=C(\[O-])c3cccc(OC)c3)C(=O)C(=O)N2CCC[NH+]2CCOCC2)cc1. The first-order chi connectivity index (χ1) is 17.0. The Kier molecular flexibility index (Phi) is 8.05. The summed E-state index contributed by atoms with van der Waals surface area (Å²) in [7, 11) is 1.52. The van der Waals surface area contributed by atoms with Crippen LogP contribution in [0.15, 0.2) is 54.1 Å². The van der Waals surface area contributed by atoms with Crippen LogP contribution in [0.3, 0.4) is 0 Å². The average molecular weight is 481 g/mol. The second-order valence-electron chi connectivity index (χ2n) is 8.67. The lowest BCUT2D eigenvalue weighted by atomic mass is 9.95. The molecule has 0 spiro atoms. The minimum Gasteiger partial charge on any atom is -0.872 e. The Bertz CT molecular complexity index is 1080. The van der Waals surface area contributed by atoms with E-state index in [0.29, 0.717) is 35.8 Å². The summed E-state index contributed by atoms with van der Waals surface area (Å²) < 4.78 is 16.2. The second kappa shape index (κ2) is 11.4. The molecule has 8 heteroatoms. The number of amides is 1. The lowest BCUT2D eigenvalue weighted by Crippen LogP contribution is -3.14. The van der Waals surface area contributed by atoms with Crippen LogP contribution in [0.1, 0.15) is 30.5 Å². The highest BCUT2D eigenvalue weighted by Gasteiger charge is 2.44. The number of nitrogens with one attached hydrogen (secondary N) is 1. The molecule has 0 saturated carbocycles. The molecule has 2 aromatic rings. The fourth-order valence-corrected chi connectivity index (χ4v) is 4.69. The third kappa shape index (κ3) is 5.49. The van der Waals surface area contributed by atoms with Gasteiger partial charge in [-0.15, -0.1) is 0 Å². The molecule has 35 heavy (non-hydrogen) atoms. The lowest BCUT2D eigenvalue weighted by Gasteiger charge is -2.29. The van der Waals surface area contributed by atoms with E-state index in [4.69, 9.17) is 14.2 Å². The van der Waals surface area contributed by atoms with Crippen LogP contribution >= 0.6 is 0 Å². The van der Waals surface area contributed by atoms with E-state index in [2.05, 4.69) is 0 Å². The minimum absolute atomic E-state index is 0.0221. The van der Waals surface area contributed by atoms with E-state index in [-0.39, 0.29) is 5.57 Å². The summed E-state index contributed by atoms with van der Waals surface area (Å²) in [5, 5.41) is 13.6. The van der Waals surface area contributed by atoms with Crippen molar-refractivity contribution in [1.29, 1.82) is 0 Å². The number of hydrogen-bond donors (Lipinski definition) is 1. The maximum Gasteiger partial charge on any atom is 0.295 e. The van der Waals surface area contributed by atoms with Gasteiger partial charge in [0.25, 0.3) is 5.91 Å². The molecule has 1 unspecified atom stereocenters. The third-order valence-corrected chi connectivity index (χ3v) is 6.50. The number of quaternary nitrogens is 1. The zero-order chi connectivity index (χ0) is 24.8. The first kappa shape index (κ1) is 24.8. The van der Waals surface area contributed by atoms with E-state index in [1.165, 1.54) is 12.0 Å². The van der Waals surface area contributed by atoms with Gasteiger partial charge >= 0.3 is 0 Å². The quantitative estimate of drug-likeness (QED) is 0.322. The van der Waals surface area contributed by atoms with Crippen LogP contribution in [-0.4, -0.2) is 69.7 Å². The Balaban J connectivity index is 1.67. The zero-order valence-electron chi connectivity index (χ0n) is 20.2. The highest BCUT2D eigenvalue weighted by atomic mass is 16.5. The number of nitrogens with zero attached hydrogens (tertiary/aromatic N) is 1. The smallest absolute Gasteiger partial charge is 0.295 e. The van der Waals surface area contributed by atoms with Crippen LogP contribution in [0.4, 0.5) is 0 Å². The number of methoxy groups -OCH3 is 1. The van der Waals surface area contributed by atoms with Gasteiger partial charge in [0.2, 0.25) is 5.78 Å². The maximum atomic E-state index is 13.6. The molecule has 1 amide bonds. The molecular weight excluding hydrogens is 448 g/mol. The van der Waals surface area contributed by atoms with Crippen molar-refractivity contribution in [2.75, 3.05) is 53.1 Å². The molecule has 8 nitrogen and oxygen atoms in total. The fourth-order valence-electron chi connectivity index (χ4n) is 4.69. The van der Waals surface area contributed by atoms with Crippen molar-refractivity contribution >= 4 is 17.4 Å². The van der Waals surface area contributed by atoms with Gasteiger partial charge in [-0.2, -0.15) is 0 Å². The van der Waals surface area contributed by atoms with Gasteiger partial charge in [-0.1, -0.05) is 30.0 Å². The van der Waals surface area contributed by atoms with Gasteiger partial charge in [0.1, 0.15) is 24.6 Å². The van der Waals surface area contributed by atoms with Crippen LogP contribution < -0.4 is 19.5 Å². The standard InChI is InChI=1S/C27H32N2O6/c1-3-35-21-10-8-19(9-11-21)24-23(25(30)20-6-4-7-22(18-20)33-2)26(31)27(32)29(24)13-5-12-28-14-16-34-17-15-28/h4,6-11,18,24,30H,3,5,12-17H2,1-2H3/b25-23+. The maximum absolute atomic E-state index is 13.6. The van der Waals surface area contributed by atoms with E-state index in [1.54, 1.807) is 41.3 Å². The van der Waals surface area contributed by atoms with E-state index in [1.807, 2.05) is 19.1 Å². The summed E-state index contributed by atoms with van der Waals surface area (Å²) in [4.78, 5) is 29.3. The Morgan fingerprint density at radius 2 is 1.86 bits per heavy atom. The van der Waals surface area contributed by atoms with Gasteiger partial charge in [-0.05, 0) is 42.3 Å². The molecule has 2 heterocycles. The van der Waals surface area contributed by atoms with Crippen molar-refractivity contribution in [2.24, 2.45) is 0 Å². The molecule has 0 aromatic heterocycles. The molecule has 4 rings (SSSR count). The van der Waals surface area contributed by atoms with Crippen molar-refractivity contribution in [3.05, 3.63) is 65.2 Å². The van der Waals surface area contributed by atoms with Gasteiger partial charge in [0.05, 0.1) is 39.5 Å². The fraction of sp³-hybridized carbons (Fsp3) is 0.407. The molecule has 2 aromatic carbocycles. The summed E-state index contributed by atoms with van der Waals surface area (Å²) in [5.41, 5.74) is 1.000. The molecule has 0 radical (unpaired) electrons. The molecule has 2 fully saturated rings. The summed E-state index contributed by atoms with van der Waals surface area (Å²) in [6.07, 6.45) is 0.725. The number of rotatable bonds is 9. The van der Waals surface area contributed by atoms with Crippen molar-refractivity contribution in [3.8, 4) is 11.5 Å². The third-order valence-electron chi connectivity index (χ3n) is 6.50. The second-order valence-corrected chi connectivity index (χ2v) is 8.67. The normalized spacial score (nSPS) is 20.3. The van der Waals surface area contributed by atoms with Crippen LogP contribution in [0.2, 0.25) is 0 Å². The summed E-state index contributed by atoms with van der Waals surface area (Å²) in [6, 6.07) is 13.1. The summed E-state index contributed by atoms with van der Waals surface area (Å²) in [5.74, 6) is -0.629. The number of Topliss-reactive ketones (excluding diaryl/α,β-unsaturated/α-hetero) is 1. The van der Waals surface area contributed by atoms with Gasteiger partial charge < -0.3 is 29.1 Å². The highest BCUT2D eigenvalue weighted by Crippen LogP contribution is 2.39. The molecule has 1 atom stereocenters. The van der Waals surface area contributed by atoms with Gasteiger partial charge in [0, 0.05) is 18.5 Å². The van der Waals surface area contributed by atoms with Crippen molar-refractivity contribution in [2.45, 2.75) is 19.4 Å². The lowest BCUT2D eigenvalue weighted by molar-refractivity contribution is -0.908. The Hall–Kier alpha value is -3.36. The molecule has 186 valence electrons. The van der Waals surface area contributed by atoms with Crippen molar-refractivity contribution in [1.82, 2.24) is 4.90 Å². The molecule has 0 bridgehead atoms. The van der Waals surface area contributed by atoms with Crippen LogP contribution in [-0.2, 0) is 14.3 Å². The number of morpholine rings is 1. The molecule has 1 N–H and O–H groups in total. The number of carbonyl (C=O) groups is 2. The van der Waals surface area contributed by atoms with E-state index < -0.39 is 23.5 Å². The van der Waals surface area contributed by atoms with Crippen LogP contribution in [0.5, 0.6) is 11.5 Å². The largest absolute Gasteiger partial charge is 0.872 e. The molecule has 0 aliphatic carbocycles. The summed E-state index contributed by atoms with van der Waals surface area (Å²) >= 11 is 0. The van der Waals surface area contributed by atoms with Gasteiger partial charge in [0.15, 0.2) is 0 Å². The van der Waals surface area contributed by atoms with E-state index in [0.717, 1.165) is 39.3 Å². The first-order valence-electron chi connectivity index (χ1n) is 12.1. The number of likely N-dealkylation sites (tertiary alicyclic amines) is 1. The number of benzene rings is 2. The first-order valence-corrected chi connectivity index (χ1v) is 12.1. The topological polar surface area (TPSA) is 92.6 Å². The van der Waals surface area contributed by atoms with Crippen LogP contribution in [0.25, 0.3) is 5.76 Å². The minimum atomic E-state index is -0.746. The zero-order valence-corrected chi connectivity index (χ0v) is 20.2. The number of ether oxygens (including phenoxy) is 3. The highest BCUT2D eigenvalue weighted by molar-refractivity contribution is 6.46. The van der Waals surface area contributed by atoms with E-state index >= 15 is 0 Å². The Morgan fingerprint density at radius 3 is 2.54 bits per heavy atom. The molecular formula is C27H32N2O6. The van der Waals surface area contributed by atoms with Gasteiger partial charge in [-0.3, -0.25) is 9.59 Å². The van der Waals surface area contributed by atoms with Gasteiger partial charge in [-0.25, -0.2) is 0 Å². The summed E-state index contributed by atoms with van der Waals surface area (Å²) in [6.45, 7) is 7.02. The van der Waals surface area contributed by atoms with Crippen LogP contribution in [0, 0.1) is 0 Å². The Morgan fingerprint density at radius 1 is 1.11 bits per heavy atom. The molecule has 2 saturated heterocycles. The van der Waals surface area contributed by atoms with Crippen molar-refractivity contribution < 1.29 is 33.8 Å². The molecule has 2 aliphatic heterocycles. The predicted molar refractivity (Wildman–Crippen MR) is 128 cm³/mol. The number of ketones is 1.